The van der Waals surface area contributed by atoms with Gasteiger partial charge in [0.05, 0.1) is 6.07 Å². The Morgan fingerprint density at radius 3 is 2.19 bits per heavy atom. The van der Waals surface area contributed by atoms with E-state index in [1.807, 2.05) is 11.8 Å². The maximum absolute atomic E-state index is 8.54. The Hall–Kier alpha value is -0.160. The zero-order valence-electron chi connectivity index (χ0n) is 9.90. The molecule has 0 radical (unpaired) electrons. The van der Waals surface area contributed by atoms with Gasteiger partial charge >= 0.3 is 0 Å². The number of hydrogen-bond donors (Lipinski definition) is 0. The molecule has 88 valence electrons. The lowest BCUT2D eigenvalue weighted by molar-refractivity contribution is -0.0261. The highest BCUT2D eigenvalue weighted by Gasteiger charge is 2.47. The van der Waals surface area contributed by atoms with Gasteiger partial charge in [-0.05, 0) is 67.4 Å². The molecule has 1 nitrogen and oxygen atoms in total. The van der Waals surface area contributed by atoms with E-state index in [0.29, 0.717) is 0 Å². The third-order valence-electron chi connectivity index (χ3n) is 5.09. The Labute approximate surface area is 103 Å². The summed E-state index contributed by atoms with van der Waals surface area (Å²) in [5, 5.41) is 8.54. The first-order valence-corrected chi connectivity index (χ1v) is 7.97. The summed E-state index contributed by atoms with van der Waals surface area (Å²) < 4.78 is 0. The zero-order valence-corrected chi connectivity index (χ0v) is 10.7. The summed E-state index contributed by atoms with van der Waals surface area (Å²) >= 11 is 2.03. The molecule has 4 fully saturated rings. The van der Waals surface area contributed by atoms with Gasteiger partial charge in [-0.15, -0.1) is 0 Å². The average Bonchev–Trinajstić information content (AvgIpc) is 2.26. The average molecular weight is 235 g/mol. The number of nitrogens with zero attached hydrogens (tertiary/aromatic N) is 1. The minimum absolute atomic E-state index is 0.734. The first kappa shape index (κ1) is 11.0. The number of rotatable bonds is 4. The highest BCUT2D eigenvalue weighted by Crippen LogP contribution is 2.57. The Bertz CT molecular complexity index is 266. The van der Waals surface area contributed by atoms with Crippen LogP contribution in [-0.2, 0) is 0 Å². The smallest absolute Gasteiger partial charge is 0.0630 e. The lowest BCUT2D eigenvalue weighted by atomic mass is 9.52. The fourth-order valence-corrected chi connectivity index (χ4v) is 5.87. The van der Waals surface area contributed by atoms with Crippen molar-refractivity contribution in [1.82, 2.24) is 0 Å². The quantitative estimate of drug-likeness (QED) is 0.694. The van der Waals surface area contributed by atoms with Crippen LogP contribution in [0.1, 0.15) is 38.5 Å². The maximum Gasteiger partial charge on any atom is 0.0630 e. The molecule has 0 aromatic heterocycles. The summed E-state index contributed by atoms with van der Waals surface area (Å²) in [4.78, 5) is 0. The molecular formula is C14H21NS. The van der Waals surface area contributed by atoms with Gasteiger partial charge in [-0.2, -0.15) is 17.0 Å². The molecule has 0 aromatic carbocycles. The summed E-state index contributed by atoms with van der Waals surface area (Å²) in [7, 11) is 0. The molecule has 4 saturated carbocycles. The SMILES string of the molecule is N#CCCSCC1C2CC3CC(C2)CC1C3. The molecule has 0 aromatic rings. The second-order valence-electron chi connectivity index (χ2n) is 6.08. The van der Waals surface area contributed by atoms with Gasteiger partial charge < -0.3 is 0 Å². The van der Waals surface area contributed by atoms with Crippen LogP contribution >= 0.6 is 11.8 Å². The van der Waals surface area contributed by atoms with Crippen LogP contribution in [0.4, 0.5) is 0 Å². The fourth-order valence-electron chi connectivity index (χ4n) is 4.65. The Balaban J connectivity index is 1.54. The standard InChI is InChI=1S/C14H21NS/c15-2-1-3-16-9-14-12-5-10-4-11(7-12)8-13(14)6-10/h10-14H,1,3-9H2. The van der Waals surface area contributed by atoms with Gasteiger partial charge in [0.15, 0.2) is 0 Å². The Morgan fingerprint density at radius 1 is 1.00 bits per heavy atom. The van der Waals surface area contributed by atoms with E-state index in [4.69, 9.17) is 5.26 Å². The molecule has 2 heteroatoms. The van der Waals surface area contributed by atoms with Crippen LogP contribution in [0.15, 0.2) is 0 Å². The topological polar surface area (TPSA) is 23.8 Å². The third kappa shape index (κ3) is 1.99. The van der Waals surface area contributed by atoms with Crippen molar-refractivity contribution in [3.8, 4) is 6.07 Å². The van der Waals surface area contributed by atoms with Crippen molar-refractivity contribution in [3.63, 3.8) is 0 Å². The van der Waals surface area contributed by atoms with E-state index < -0.39 is 0 Å². The summed E-state index contributed by atoms with van der Waals surface area (Å²) in [5.41, 5.74) is 0. The molecule has 4 aliphatic carbocycles. The Kier molecular flexibility index (Phi) is 3.16. The van der Waals surface area contributed by atoms with Gasteiger partial charge in [-0.1, -0.05) is 0 Å². The molecule has 0 aliphatic heterocycles. The predicted octanol–water partition coefficient (Wildman–Crippen LogP) is 3.71. The second kappa shape index (κ2) is 4.61. The minimum atomic E-state index is 0.734. The maximum atomic E-state index is 8.54. The molecule has 16 heavy (non-hydrogen) atoms. The van der Waals surface area contributed by atoms with Crippen LogP contribution in [0, 0.1) is 40.9 Å². The van der Waals surface area contributed by atoms with Crippen molar-refractivity contribution in [3.05, 3.63) is 0 Å². The molecule has 4 rings (SSSR count). The van der Waals surface area contributed by atoms with Crippen molar-refractivity contribution in [1.29, 1.82) is 5.26 Å². The van der Waals surface area contributed by atoms with E-state index in [9.17, 15) is 0 Å². The van der Waals surface area contributed by atoms with Gasteiger partial charge in [-0.25, -0.2) is 0 Å². The summed E-state index contributed by atoms with van der Waals surface area (Å²) in [6.45, 7) is 0. The van der Waals surface area contributed by atoms with E-state index in [2.05, 4.69) is 6.07 Å². The van der Waals surface area contributed by atoms with Crippen LogP contribution in [0.2, 0.25) is 0 Å². The van der Waals surface area contributed by atoms with E-state index in [-0.39, 0.29) is 0 Å². The molecule has 0 amide bonds. The molecule has 0 saturated heterocycles. The minimum Gasteiger partial charge on any atom is -0.198 e. The predicted molar refractivity (Wildman–Crippen MR) is 68.1 cm³/mol. The highest BCUT2D eigenvalue weighted by molar-refractivity contribution is 7.99. The number of hydrogen-bond acceptors (Lipinski definition) is 2. The molecule has 0 atom stereocenters. The lowest BCUT2D eigenvalue weighted by Crippen LogP contribution is -2.45. The van der Waals surface area contributed by atoms with Crippen molar-refractivity contribution < 1.29 is 0 Å². The fraction of sp³-hybridized carbons (Fsp3) is 0.929. The van der Waals surface area contributed by atoms with Crippen LogP contribution in [0.5, 0.6) is 0 Å². The number of thioether (sulfide) groups is 1. The lowest BCUT2D eigenvalue weighted by Gasteiger charge is -2.54. The normalized spacial score (nSPS) is 44.6. The monoisotopic (exact) mass is 235 g/mol. The van der Waals surface area contributed by atoms with Gasteiger partial charge in [0, 0.05) is 12.2 Å². The number of nitriles is 1. The second-order valence-corrected chi connectivity index (χ2v) is 7.23. The first-order valence-electron chi connectivity index (χ1n) is 6.81. The zero-order chi connectivity index (χ0) is 11.0. The summed E-state index contributed by atoms with van der Waals surface area (Å²) in [6, 6.07) is 2.25. The Morgan fingerprint density at radius 2 is 1.62 bits per heavy atom. The highest BCUT2D eigenvalue weighted by atomic mass is 32.2. The largest absolute Gasteiger partial charge is 0.198 e. The van der Waals surface area contributed by atoms with E-state index in [1.54, 1.807) is 6.42 Å². The summed E-state index contributed by atoms with van der Waals surface area (Å²) in [5.74, 6) is 7.73. The first-order chi connectivity index (χ1) is 7.86. The van der Waals surface area contributed by atoms with Crippen LogP contribution in [0.25, 0.3) is 0 Å². The summed E-state index contributed by atoms with van der Waals surface area (Å²) in [6.07, 6.45) is 8.44. The molecule has 4 bridgehead atoms. The van der Waals surface area contributed by atoms with Gasteiger partial charge in [0.25, 0.3) is 0 Å². The van der Waals surface area contributed by atoms with E-state index in [0.717, 1.165) is 41.8 Å². The third-order valence-corrected chi connectivity index (χ3v) is 6.20. The van der Waals surface area contributed by atoms with Crippen molar-refractivity contribution in [2.24, 2.45) is 29.6 Å². The molecular weight excluding hydrogens is 214 g/mol. The van der Waals surface area contributed by atoms with E-state index >= 15 is 0 Å². The van der Waals surface area contributed by atoms with Crippen molar-refractivity contribution >= 4 is 11.8 Å². The van der Waals surface area contributed by atoms with Crippen LogP contribution < -0.4 is 0 Å². The molecule has 0 spiro atoms. The van der Waals surface area contributed by atoms with Gasteiger partial charge in [-0.3, -0.25) is 0 Å². The van der Waals surface area contributed by atoms with E-state index in [1.165, 1.54) is 31.4 Å². The van der Waals surface area contributed by atoms with Crippen molar-refractivity contribution in [2.75, 3.05) is 11.5 Å². The van der Waals surface area contributed by atoms with Crippen molar-refractivity contribution in [2.45, 2.75) is 38.5 Å². The van der Waals surface area contributed by atoms with Gasteiger partial charge in [0.1, 0.15) is 0 Å². The molecule has 0 N–H and O–H groups in total. The van der Waals surface area contributed by atoms with Gasteiger partial charge in [0.2, 0.25) is 0 Å². The van der Waals surface area contributed by atoms with Crippen LogP contribution in [0.3, 0.4) is 0 Å². The van der Waals surface area contributed by atoms with Crippen LogP contribution in [-0.4, -0.2) is 11.5 Å². The molecule has 4 aliphatic rings. The molecule has 0 unspecified atom stereocenters. The molecule has 0 heterocycles.